The third-order valence-electron chi connectivity index (χ3n) is 4.24. The largest absolute Gasteiger partial charge is 0.410 e. The molecule has 148 valence electrons. The van der Waals surface area contributed by atoms with Crippen molar-refractivity contribution in [2.45, 2.75) is 18.6 Å². The molecule has 2 aromatic rings. The molecule has 1 aliphatic rings. The zero-order valence-corrected chi connectivity index (χ0v) is 15.4. The molecule has 3 rings (SSSR count). The van der Waals surface area contributed by atoms with Crippen LogP contribution in [-0.2, 0) is 16.0 Å². The van der Waals surface area contributed by atoms with Crippen LogP contribution in [0.5, 0.6) is 0 Å². The first-order valence-corrected chi connectivity index (χ1v) is 8.86. The van der Waals surface area contributed by atoms with Gasteiger partial charge in [0.1, 0.15) is 11.6 Å². The Morgan fingerprint density at radius 2 is 2.04 bits per heavy atom. The van der Waals surface area contributed by atoms with Gasteiger partial charge in [-0.3, -0.25) is 4.79 Å². The molecule has 2 N–H and O–H groups in total. The van der Waals surface area contributed by atoms with E-state index < -0.39 is 29.4 Å². The van der Waals surface area contributed by atoms with Gasteiger partial charge in [-0.15, -0.1) is 0 Å². The van der Waals surface area contributed by atoms with Crippen LogP contribution in [-0.4, -0.2) is 36.0 Å². The van der Waals surface area contributed by atoms with Crippen molar-refractivity contribution in [1.82, 2.24) is 5.32 Å². The summed E-state index contributed by atoms with van der Waals surface area (Å²) in [6, 6.07) is 9.32. The summed E-state index contributed by atoms with van der Waals surface area (Å²) in [5, 5.41) is 13.0. The summed E-state index contributed by atoms with van der Waals surface area (Å²) in [5.74, 6) is -4.21. The first kappa shape index (κ1) is 20.0. The SMILES string of the molecule is O=C(NCCc1cc(F)cc(Cl)c1)O[C@]1(O)CCN(c2cccc(F)c2)C1=O. The molecule has 1 fully saturated rings. The van der Waals surface area contributed by atoms with E-state index in [1.54, 1.807) is 6.07 Å². The highest BCUT2D eigenvalue weighted by Gasteiger charge is 2.49. The van der Waals surface area contributed by atoms with Gasteiger partial charge in [0.05, 0.1) is 0 Å². The molecule has 0 aliphatic carbocycles. The van der Waals surface area contributed by atoms with Crippen LogP contribution in [0.2, 0.25) is 5.02 Å². The second kappa shape index (κ2) is 8.12. The van der Waals surface area contributed by atoms with Gasteiger partial charge in [-0.25, -0.2) is 13.6 Å². The van der Waals surface area contributed by atoms with E-state index in [1.807, 2.05) is 0 Å². The minimum atomic E-state index is -2.33. The maximum Gasteiger partial charge on any atom is 0.410 e. The molecule has 9 heteroatoms. The van der Waals surface area contributed by atoms with E-state index in [9.17, 15) is 23.5 Å². The van der Waals surface area contributed by atoms with Crippen molar-refractivity contribution in [1.29, 1.82) is 0 Å². The van der Waals surface area contributed by atoms with Crippen LogP contribution in [0, 0.1) is 11.6 Å². The van der Waals surface area contributed by atoms with Crippen LogP contribution in [0.15, 0.2) is 42.5 Å². The van der Waals surface area contributed by atoms with Crippen molar-refractivity contribution < 1.29 is 28.2 Å². The maximum atomic E-state index is 13.4. The molecule has 0 aromatic heterocycles. The molecule has 0 saturated carbocycles. The highest BCUT2D eigenvalue weighted by atomic mass is 35.5. The van der Waals surface area contributed by atoms with E-state index >= 15 is 0 Å². The Labute approximate surface area is 164 Å². The number of nitrogens with one attached hydrogen (secondary N) is 1. The Balaban J connectivity index is 1.55. The maximum absolute atomic E-state index is 13.4. The number of benzene rings is 2. The average molecular weight is 411 g/mol. The number of halogens is 3. The fraction of sp³-hybridized carbons (Fsp3) is 0.263. The number of hydrogen-bond donors (Lipinski definition) is 2. The molecule has 1 heterocycles. The van der Waals surface area contributed by atoms with Crippen molar-refractivity contribution in [3.05, 3.63) is 64.7 Å². The summed E-state index contributed by atoms with van der Waals surface area (Å²) in [6.07, 6.45) is -0.886. The summed E-state index contributed by atoms with van der Waals surface area (Å²) in [5.41, 5.74) is 0.825. The highest BCUT2D eigenvalue weighted by Crippen LogP contribution is 2.29. The van der Waals surface area contributed by atoms with Crippen molar-refractivity contribution in [2.75, 3.05) is 18.0 Å². The van der Waals surface area contributed by atoms with Crippen molar-refractivity contribution in [3.63, 3.8) is 0 Å². The van der Waals surface area contributed by atoms with Crippen LogP contribution < -0.4 is 10.2 Å². The molecule has 0 spiro atoms. The van der Waals surface area contributed by atoms with Crippen molar-refractivity contribution in [2.24, 2.45) is 0 Å². The number of anilines is 1. The third kappa shape index (κ3) is 4.58. The van der Waals surface area contributed by atoms with Gasteiger partial charge in [0.2, 0.25) is 0 Å². The molecule has 0 bridgehead atoms. The highest BCUT2D eigenvalue weighted by molar-refractivity contribution is 6.30. The number of carbonyl (C=O) groups is 2. The van der Waals surface area contributed by atoms with E-state index in [4.69, 9.17) is 16.3 Å². The molecule has 1 saturated heterocycles. The van der Waals surface area contributed by atoms with Gasteiger partial charge < -0.3 is 20.1 Å². The normalized spacial score (nSPS) is 19.0. The molecule has 28 heavy (non-hydrogen) atoms. The lowest BCUT2D eigenvalue weighted by atomic mass is 10.1. The zero-order valence-electron chi connectivity index (χ0n) is 14.6. The predicted octanol–water partition coefficient (Wildman–Crippen LogP) is 3.01. The fourth-order valence-corrected chi connectivity index (χ4v) is 3.17. The Kier molecular flexibility index (Phi) is 5.81. The summed E-state index contributed by atoms with van der Waals surface area (Å²) < 4.78 is 31.5. The second-order valence-electron chi connectivity index (χ2n) is 6.32. The Bertz CT molecular complexity index is 891. The Morgan fingerprint density at radius 3 is 2.75 bits per heavy atom. The minimum Gasteiger partial charge on any atom is -0.407 e. The quantitative estimate of drug-likeness (QED) is 0.743. The van der Waals surface area contributed by atoms with Gasteiger partial charge in [-0.1, -0.05) is 17.7 Å². The summed E-state index contributed by atoms with van der Waals surface area (Å²) in [4.78, 5) is 25.5. The van der Waals surface area contributed by atoms with E-state index in [-0.39, 0.29) is 36.6 Å². The lowest BCUT2D eigenvalue weighted by Crippen LogP contribution is -2.46. The van der Waals surface area contributed by atoms with Gasteiger partial charge in [-0.05, 0) is 48.4 Å². The summed E-state index contributed by atoms with van der Waals surface area (Å²) >= 11 is 5.76. The van der Waals surface area contributed by atoms with Crippen LogP contribution in [0.4, 0.5) is 19.3 Å². The number of nitrogens with zero attached hydrogens (tertiary/aromatic N) is 1. The topological polar surface area (TPSA) is 78.9 Å². The number of aliphatic hydroxyl groups is 1. The molecular weight excluding hydrogens is 394 g/mol. The smallest absolute Gasteiger partial charge is 0.407 e. The molecule has 0 unspecified atom stereocenters. The van der Waals surface area contributed by atoms with Crippen LogP contribution in [0.1, 0.15) is 12.0 Å². The third-order valence-corrected chi connectivity index (χ3v) is 4.46. The molecule has 2 amide bonds. The summed E-state index contributed by atoms with van der Waals surface area (Å²) in [6.45, 7) is 0.143. The number of amides is 2. The molecule has 2 aromatic carbocycles. The number of carbonyl (C=O) groups excluding carboxylic acids is 2. The van der Waals surface area contributed by atoms with Gasteiger partial charge in [0.25, 0.3) is 11.7 Å². The number of ether oxygens (including phenoxy) is 1. The Morgan fingerprint density at radius 1 is 1.25 bits per heavy atom. The lowest BCUT2D eigenvalue weighted by Gasteiger charge is -2.22. The molecule has 6 nitrogen and oxygen atoms in total. The van der Waals surface area contributed by atoms with Gasteiger partial charge in [0.15, 0.2) is 0 Å². The van der Waals surface area contributed by atoms with Crippen LogP contribution >= 0.6 is 11.6 Å². The van der Waals surface area contributed by atoms with Gasteiger partial charge in [-0.2, -0.15) is 0 Å². The zero-order chi connectivity index (χ0) is 20.3. The van der Waals surface area contributed by atoms with Crippen molar-refractivity contribution >= 4 is 29.3 Å². The van der Waals surface area contributed by atoms with Gasteiger partial charge >= 0.3 is 6.09 Å². The van der Waals surface area contributed by atoms with E-state index in [2.05, 4.69) is 5.32 Å². The number of hydrogen-bond acceptors (Lipinski definition) is 4. The molecule has 1 atom stereocenters. The predicted molar refractivity (Wildman–Crippen MR) is 97.9 cm³/mol. The second-order valence-corrected chi connectivity index (χ2v) is 6.75. The molecule has 1 aliphatic heterocycles. The monoisotopic (exact) mass is 410 g/mol. The molecule has 0 radical (unpaired) electrons. The standard InChI is InChI=1S/C19H17ClF2N2O4/c20-13-8-12(9-15(22)10-13)4-6-23-18(26)28-19(27)5-7-24(17(19)25)16-3-1-2-14(21)11-16/h1-3,8-11,27H,4-7H2,(H,23,26)/t19-/m1/s1. The average Bonchev–Trinajstić information content (AvgIpc) is 2.89. The fourth-order valence-electron chi connectivity index (χ4n) is 2.92. The summed E-state index contributed by atoms with van der Waals surface area (Å²) in [7, 11) is 0. The van der Waals surface area contributed by atoms with E-state index in [0.717, 1.165) is 11.0 Å². The Hall–Kier alpha value is -2.71. The lowest BCUT2D eigenvalue weighted by molar-refractivity contribution is -0.175. The van der Waals surface area contributed by atoms with Crippen LogP contribution in [0.3, 0.4) is 0 Å². The van der Waals surface area contributed by atoms with E-state index in [0.29, 0.717) is 5.56 Å². The van der Waals surface area contributed by atoms with Crippen molar-refractivity contribution in [3.8, 4) is 0 Å². The molecular formula is C19H17ClF2N2O4. The first-order chi connectivity index (χ1) is 13.3. The van der Waals surface area contributed by atoms with E-state index in [1.165, 1.54) is 30.3 Å². The number of alkyl carbamates (subject to hydrolysis) is 1. The number of rotatable bonds is 5. The van der Waals surface area contributed by atoms with Gasteiger partial charge in [0, 0.05) is 30.2 Å². The first-order valence-electron chi connectivity index (χ1n) is 8.48. The van der Waals surface area contributed by atoms with Crippen LogP contribution in [0.25, 0.3) is 0 Å². The minimum absolute atomic E-state index is 0.0634.